The Labute approximate surface area is 176 Å². The first kappa shape index (κ1) is 23.8. The van der Waals surface area contributed by atoms with Crippen molar-refractivity contribution in [1.29, 1.82) is 0 Å². The number of amidine groups is 1. The Bertz CT molecular complexity index is 931. The van der Waals surface area contributed by atoms with Gasteiger partial charge in [-0.25, -0.2) is 4.79 Å². The van der Waals surface area contributed by atoms with Crippen LogP contribution in [0.1, 0.15) is 39.2 Å². The number of aryl methyl sites for hydroxylation is 1. The molecule has 5 N–H and O–H groups in total. The second-order valence-electron chi connectivity index (χ2n) is 7.08. The van der Waals surface area contributed by atoms with Gasteiger partial charge in [0.1, 0.15) is 16.8 Å². The van der Waals surface area contributed by atoms with Crippen molar-refractivity contribution in [2.75, 3.05) is 11.9 Å². The third-order valence-electron chi connectivity index (χ3n) is 4.59. The molecule has 1 aromatic rings. The van der Waals surface area contributed by atoms with Crippen LogP contribution in [0.15, 0.2) is 28.1 Å². The van der Waals surface area contributed by atoms with E-state index in [1.54, 1.807) is 12.1 Å². The number of amides is 3. The predicted molar refractivity (Wildman–Crippen MR) is 114 cm³/mol. The van der Waals surface area contributed by atoms with E-state index in [0.29, 0.717) is 18.7 Å². The number of rotatable bonds is 4. The van der Waals surface area contributed by atoms with Crippen LogP contribution < -0.4 is 21.3 Å². The lowest BCUT2D eigenvalue weighted by molar-refractivity contribution is -0.122. The zero-order valence-corrected chi connectivity index (χ0v) is 18.3. The van der Waals surface area contributed by atoms with Crippen LogP contribution in [0.25, 0.3) is 0 Å². The van der Waals surface area contributed by atoms with Gasteiger partial charge in [-0.05, 0) is 38.0 Å². The van der Waals surface area contributed by atoms with Crippen LogP contribution in [0.2, 0.25) is 0 Å². The van der Waals surface area contributed by atoms with Gasteiger partial charge in [-0.1, -0.05) is 19.9 Å². The van der Waals surface area contributed by atoms with E-state index in [-0.39, 0.29) is 35.1 Å². The Balaban J connectivity index is 0.00000155. The maximum Gasteiger partial charge on any atom is 0.321 e. The normalized spacial score (nSPS) is 24.0. The summed E-state index contributed by atoms with van der Waals surface area (Å²) in [5.74, 6) is 0.160. The van der Waals surface area contributed by atoms with E-state index >= 15 is 0 Å². The average molecular weight is 440 g/mol. The van der Waals surface area contributed by atoms with E-state index in [9.17, 15) is 22.6 Å². The second-order valence-corrected chi connectivity index (χ2v) is 8.47. The summed E-state index contributed by atoms with van der Waals surface area (Å²) >= 11 is 0. The summed E-state index contributed by atoms with van der Waals surface area (Å²) < 4.78 is 32.8. The Morgan fingerprint density at radius 2 is 1.93 bits per heavy atom. The van der Waals surface area contributed by atoms with E-state index < -0.39 is 22.2 Å². The molecule has 0 radical (unpaired) electrons. The van der Waals surface area contributed by atoms with Crippen LogP contribution in [-0.2, 0) is 14.9 Å². The molecule has 0 saturated carbocycles. The molecule has 1 aromatic carbocycles. The topological polar surface area (TPSA) is 149 Å². The maximum absolute atomic E-state index is 12.0. The zero-order chi connectivity index (χ0) is 22.5. The van der Waals surface area contributed by atoms with Crippen molar-refractivity contribution >= 4 is 33.6 Å². The summed E-state index contributed by atoms with van der Waals surface area (Å²) in [4.78, 5) is 27.4. The molecule has 0 bridgehead atoms. The molecular weight excluding hydrogens is 410 g/mol. The summed E-state index contributed by atoms with van der Waals surface area (Å²) in [6.45, 7) is 7.92. The largest absolute Gasteiger partial charge is 0.343 e. The number of benzene rings is 1. The maximum atomic E-state index is 12.0. The minimum Gasteiger partial charge on any atom is -0.343 e. The van der Waals surface area contributed by atoms with Crippen molar-refractivity contribution in [3.05, 3.63) is 23.8 Å². The number of imide groups is 1. The van der Waals surface area contributed by atoms with Gasteiger partial charge in [-0.2, -0.15) is 8.42 Å². The molecule has 1 fully saturated rings. The monoisotopic (exact) mass is 439 g/mol. The molecule has 3 atom stereocenters. The number of carbonyl (C=O) groups is 2. The van der Waals surface area contributed by atoms with Crippen molar-refractivity contribution in [3.8, 4) is 0 Å². The van der Waals surface area contributed by atoms with Crippen LogP contribution in [0.4, 0.5) is 10.5 Å². The number of hydrogen-bond acceptors (Lipinski definition) is 7. The molecule has 166 valence electrons. The van der Waals surface area contributed by atoms with E-state index in [0.717, 1.165) is 5.56 Å². The molecule has 2 aliphatic rings. The predicted octanol–water partition coefficient (Wildman–Crippen LogP) is 1.43. The van der Waals surface area contributed by atoms with Gasteiger partial charge >= 0.3 is 6.03 Å². The van der Waals surface area contributed by atoms with Gasteiger partial charge in [0, 0.05) is 19.0 Å². The van der Waals surface area contributed by atoms with Crippen molar-refractivity contribution in [2.45, 2.75) is 63.6 Å². The highest BCUT2D eigenvalue weighted by molar-refractivity contribution is 7.86. The molecule has 0 aliphatic carbocycles. The summed E-state index contributed by atoms with van der Waals surface area (Å²) in [7, 11) is -4.39. The fourth-order valence-corrected chi connectivity index (χ4v) is 4.01. The van der Waals surface area contributed by atoms with Crippen LogP contribution >= 0.6 is 0 Å². The van der Waals surface area contributed by atoms with Crippen molar-refractivity contribution in [3.63, 3.8) is 0 Å². The highest BCUT2D eigenvalue weighted by Gasteiger charge is 2.31. The zero-order valence-electron chi connectivity index (χ0n) is 17.5. The number of nitrogens with one attached hydrogen (secondary N) is 4. The van der Waals surface area contributed by atoms with E-state index in [1.165, 1.54) is 6.07 Å². The molecular formula is C19H29N5O5S. The van der Waals surface area contributed by atoms with Gasteiger partial charge in [-0.15, -0.1) is 0 Å². The van der Waals surface area contributed by atoms with Crippen LogP contribution in [0.5, 0.6) is 0 Å². The molecule has 3 rings (SSSR count). The van der Waals surface area contributed by atoms with Crippen molar-refractivity contribution in [2.24, 2.45) is 4.99 Å². The van der Waals surface area contributed by atoms with Crippen molar-refractivity contribution < 1.29 is 22.6 Å². The van der Waals surface area contributed by atoms with Crippen LogP contribution in [0.3, 0.4) is 0 Å². The molecule has 10 nitrogen and oxygen atoms in total. The summed E-state index contributed by atoms with van der Waals surface area (Å²) in [6.07, 6.45) is 1.11. The molecule has 0 spiro atoms. The van der Waals surface area contributed by atoms with Gasteiger partial charge in [-0.3, -0.25) is 19.7 Å². The van der Waals surface area contributed by atoms with Gasteiger partial charge in [0.2, 0.25) is 5.91 Å². The average Bonchev–Trinajstić information content (AvgIpc) is 2.64. The molecule has 3 amide bonds. The standard InChI is InChI=1S/C17H23N5O5S.C2H6/c1-9-3-4-14(28(25,26)27)12(5-9)21-15-7-11(6-10(2)19-15)20-13-8-18-17(24)22-16(13)23;1-2/h3-5,10-11,13,20H,6-8H2,1-2H3,(H,19,21)(H,25,26,27)(H2,18,22,23,24);1-2H3. The van der Waals surface area contributed by atoms with Gasteiger partial charge in [0.15, 0.2) is 0 Å². The fraction of sp³-hybridized carbons (Fsp3) is 0.526. The molecule has 11 heteroatoms. The highest BCUT2D eigenvalue weighted by Crippen LogP contribution is 2.24. The molecule has 3 unspecified atom stereocenters. The summed E-state index contributed by atoms with van der Waals surface area (Å²) in [5.41, 5.74) is 1.07. The van der Waals surface area contributed by atoms with E-state index in [1.807, 2.05) is 27.7 Å². The molecule has 2 aliphatic heterocycles. The Hall–Kier alpha value is -2.50. The number of anilines is 1. The SMILES string of the molecule is CC.Cc1ccc(S(=O)(=O)O)c(NC2=NC(C)CC(NC3CNC(=O)NC3=O)C2)c1. The number of aliphatic imine (C=N–C) groups is 1. The van der Waals surface area contributed by atoms with E-state index in [2.05, 4.69) is 26.3 Å². The Kier molecular flexibility index (Phi) is 7.93. The third kappa shape index (κ3) is 6.25. The molecule has 0 aromatic heterocycles. The number of nitrogens with zero attached hydrogens (tertiary/aromatic N) is 1. The van der Waals surface area contributed by atoms with Gasteiger partial charge < -0.3 is 16.0 Å². The number of urea groups is 1. The third-order valence-corrected chi connectivity index (χ3v) is 5.50. The minimum absolute atomic E-state index is 0.0611. The molecule has 1 saturated heterocycles. The number of hydrogen-bond donors (Lipinski definition) is 5. The van der Waals surface area contributed by atoms with Crippen LogP contribution in [0, 0.1) is 6.92 Å². The lowest BCUT2D eigenvalue weighted by Gasteiger charge is -2.32. The Morgan fingerprint density at radius 1 is 1.23 bits per heavy atom. The smallest absolute Gasteiger partial charge is 0.321 e. The quantitative estimate of drug-likeness (QED) is 0.446. The van der Waals surface area contributed by atoms with E-state index in [4.69, 9.17) is 0 Å². The first-order valence-electron chi connectivity index (χ1n) is 9.88. The fourth-order valence-electron chi connectivity index (χ4n) is 3.38. The lowest BCUT2D eigenvalue weighted by atomic mass is 9.99. The molecule has 2 heterocycles. The van der Waals surface area contributed by atoms with Gasteiger partial charge in [0.25, 0.3) is 10.1 Å². The summed E-state index contributed by atoms with van der Waals surface area (Å²) in [6, 6.07) is 3.33. The van der Waals surface area contributed by atoms with Crippen LogP contribution in [-0.4, -0.2) is 55.4 Å². The molecule has 30 heavy (non-hydrogen) atoms. The second kappa shape index (κ2) is 10.0. The van der Waals surface area contributed by atoms with Gasteiger partial charge in [0.05, 0.1) is 11.7 Å². The first-order chi connectivity index (χ1) is 14.1. The first-order valence-corrected chi connectivity index (χ1v) is 11.3. The van der Waals surface area contributed by atoms with Crippen molar-refractivity contribution in [1.82, 2.24) is 16.0 Å². The Morgan fingerprint density at radius 3 is 2.57 bits per heavy atom. The highest BCUT2D eigenvalue weighted by atomic mass is 32.2. The number of carbonyl (C=O) groups excluding carboxylic acids is 2. The lowest BCUT2D eigenvalue weighted by Crippen LogP contribution is -2.62. The summed E-state index contributed by atoms with van der Waals surface area (Å²) in [5, 5.41) is 11.0. The minimum atomic E-state index is -4.39.